The van der Waals surface area contributed by atoms with Gasteiger partial charge in [0.05, 0.1) is 0 Å². The molecular weight excluding hydrogens is 288 g/mol. The van der Waals surface area contributed by atoms with Crippen molar-refractivity contribution in [2.45, 2.75) is 10.00 Å². The predicted molar refractivity (Wildman–Crippen MR) is 75.4 cm³/mol. The molecule has 0 amide bonds. The largest absolute Gasteiger partial charge is 0.305 e. The van der Waals surface area contributed by atoms with Crippen LogP contribution in [0.1, 0.15) is 5.56 Å². The van der Waals surface area contributed by atoms with Gasteiger partial charge in [-0.2, -0.15) is 0 Å². The van der Waals surface area contributed by atoms with Crippen molar-refractivity contribution in [2.75, 3.05) is 0 Å². The molecule has 2 rings (SSSR count). The summed E-state index contributed by atoms with van der Waals surface area (Å²) in [6.45, 7) is 0. The highest BCUT2D eigenvalue weighted by atomic mass is 35.5. The van der Waals surface area contributed by atoms with Crippen molar-refractivity contribution in [1.29, 1.82) is 0 Å². The molecule has 0 radical (unpaired) electrons. The van der Waals surface area contributed by atoms with Crippen LogP contribution < -0.4 is 11.5 Å². The van der Waals surface area contributed by atoms with E-state index < -0.39 is 10.00 Å². The molecule has 0 bridgehead atoms. The third kappa shape index (κ3) is 2.80. The van der Waals surface area contributed by atoms with Crippen molar-refractivity contribution in [2.24, 2.45) is 16.5 Å². The van der Waals surface area contributed by atoms with Gasteiger partial charge in [0.2, 0.25) is 0 Å². The van der Waals surface area contributed by atoms with E-state index in [1.807, 2.05) is 0 Å². The van der Waals surface area contributed by atoms with E-state index in [9.17, 15) is 4.39 Å². The Bertz CT molecular complexity index is 607. The molecule has 4 N–H and O–H groups in total. The lowest BCUT2D eigenvalue weighted by Gasteiger charge is -2.35. The molecule has 6 heteroatoms. The van der Waals surface area contributed by atoms with Crippen molar-refractivity contribution in [3.8, 4) is 11.8 Å². The van der Waals surface area contributed by atoms with Gasteiger partial charge in [-0.15, -0.1) is 0 Å². The van der Waals surface area contributed by atoms with Gasteiger partial charge in [-0.25, -0.2) is 9.38 Å². The summed E-state index contributed by atoms with van der Waals surface area (Å²) in [7, 11) is 0. The molecule has 1 aromatic rings. The van der Waals surface area contributed by atoms with Gasteiger partial charge in [-0.1, -0.05) is 29.1 Å². The average molecular weight is 298 g/mol. The zero-order valence-electron chi connectivity index (χ0n) is 9.70. The summed E-state index contributed by atoms with van der Waals surface area (Å²) in [5, 5.41) is 0. The Hall–Kier alpha value is -1.38. The van der Waals surface area contributed by atoms with E-state index in [0.29, 0.717) is 5.56 Å². The van der Waals surface area contributed by atoms with Crippen molar-refractivity contribution in [3.05, 3.63) is 47.9 Å². The molecule has 0 aliphatic carbocycles. The summed E-state index contributed by atoms with van der Waals surface area (Å²) in [6, 6.07) is 5.67. The third-order valence-corrected chi connectivity index (χ3v) is 3.48. The Morgan fingerprint density at radius 1 is 1.11 bits per heavy atom. The van der Waals surface area contributed by atoms with Crippen molar-refractivity contribution >= 4 is 28.9 Å². The molecule has 1 aromatic carbocycles. The second-order valence-electron chi connectivity index (χ2n) is 4.04. The van der Waals surface area contributed by atoms with E-state index in [1.54, 1.807) is 0 Å². The summed E-state index contributed by atoms with van der Waals surface area (Å²) in [4.78, 5) is 3.98. The Labute approximate surface area is 120 Å². The van der Waals surface area contributed by atoms with Gasteiger partial charge < -0.3 is 11.5 Å². The highest BCUT2D eigenvalue weighted by Gasteiger charge is 2.47. The van der Waals surface area contributed by atoms with Crippen LogP contribution in [-0.2, 0) is 0 Å². The maximum Gasteiger partial charge on any atom is 0.175 e. The normalized spacial score (nSPS) is 19.3. The van der Waals surface area contributed by atoms with Gasteiger partial charge in [-0.3, -0.25) is 0 Å². The quantitative estimate of drug-likeness (QED) is 0.437. The number of alkyl halides is 2. The topological polar surface area (TPSA) is 64.4 Å². The second kappa shape index (κ2) is 4.95. The van der Waals surface area contributed by atoms with Crippen molar-refractivity contribution in [3.63, 3.8) is 0 Å². The number of aliphatic imine (C=N–C) groups is 1. The highest BCUT2D eigenvalue weighted by Crippen LogP contribution is 2.33. The monoisotopic (exact) mass is 297 g/mol. The molecule has 3 nitrogen and oxygen atoms in total. The highest BCUT2D eigenvalue weighted by molar-refractivity contribution is 6.53. The van der Waals surface area contributed by atoms with Gasteiger partial charge in [0, 0.05) is 11.8 Å². The van der Waals surface area contributed by atoms with Crippen LogP contribution in [0.25, 0.3) is 0 Å². The van der Waals surface area contributed by atoms with Crippen LogP contribution in [0.3, 0.4) is 0 Å². The fourth-order valence-corrected chi connectivity index (χ4v) is 1.70. The molecule has 0 unspecified atom stereocenters. The number of rotatable bonds is 0. The first-order valence-corrected chi connectivity index (χ1v) is 6.08. The maximum absolute atomic E-state index is 12.8. The van der Waals surface area contributed by atoms with E-state index in [-0.39, 0.29) is 11.5 Å². The molecular formula is C13H10Cl2FN3. The van der Waals surface area contributed by atoms with Gasteiger partial charge in [0.1, 0.15) is 11.5 Å². The molecule has 1 aliphatic rings. The first-order chi connectivity index (χ1) is 8.83. The van der Waals surface area contributed by atoms with Crippen LogP contribution in [-0.4, -0.2) is 15.7 Å². The van der Waals surface area contributed by atoms with Gasteiger partial charge >= 0.3 is 0 Å². The van der Waals surface area contributed by atoms with Crippen LogP contribution in [0.4, 0.5) is 4.39 Å². The van der Waals surface area contributed by atoms with Crippen molar-refractivity contribution in [1.82, 2.24) is 0 Å². The first-order valence-electron chi connectivity index (χ1n) is 5.32. The molecule has 0 spiro atoms. The van der Waals surface area contributed by atoms with Crippen LogP contribution in [0.5, 0.6) is 0 Å². The summed E-state index contributed by atoms with van der Waals surface area (Å²) in [5.74, 6) is 5.15. The van der Waals surface area contributed by atoms with E-state index in [4.69, 9.17) is 34.7 Å². The molecule has 19 heavy (non-hydrogen) atoms. The number of benzene rings is 1. The molecule has 1 heterocycles. The predicted octanol–water partition coefficient (Wildman–Crippen LogP) is 1.93. The van der Waals surface area contributed by atoms with Gasteiger partial charge in [0.15, 0.2) is 10.00 Å². The van der Waals surface area contributed by atoms with Crippen LogP contribution in [0.2, 0.25) is 0 Å². The lowest BCUT2D eigenvalue weighted by atomic mass is 9.98. The zero-order chi connectivity index (χ0) is 14.1. The van der Waals surface area contributed by atoms with E-state index in [0.717, 1.165) is 0 Å². The average Bonchev–Trinajstić information content (AvgIpc) is 2.33. The minimum atomic E-state index is -1.59. The maximum atomic E-state index is 12.8. The van der Waals surface area contributed by atoms with Crippen LogP contribution >= 0.6 is 23.2 Å². The molecule has 0 fully saturated rings. The summed E-state index contributed by atoms with van der Waals surface area (Å²) >= 11 is 12.0. The molecule has 1 aliphatic heterocycles. The first kappa shape index (κ1) is 14.0. The molecule has 0 atom stereocenters. The van der Waals surface area contributed by atoms with E-state index in [1.165, 1.54) is 36.5 Å². The molecule has 0 saturated heterocycles. The standard InChI is InChI=1S/C13H10Cl2FN3/c14-12(15)7-8-19-11(13(12,17)18)6-3-9-1-4-10(16)5-2-9/h1-2,4-5,7-8H,17-18H2. The minimum Gasteiger partial charge on any atom is -0.305 e. The van der Waals surface area contributed by atoms with Crippen LogP contribution in [0, 0.1) is 17.7 Å². The lowest BCUT2D eigenvalue weighted by molar-refractivity contribution is 0.569. The van der Waals surface area contributed by atoms with Crippen LogP contribution in [0.15, 0.2) is 41.5 Å². The Kier molecular flexibility index (Phi) is 3.66. The number of halogens is 3. The smallest absolute Gasteiger partial charge is 0.175 e. The fourth-order valence-electron chi connectivity index (χ4n) is 1.41. The number of nitrogens with zero attached hydrogens (tertiary/aromatic N) is 1. The third-order valence-electron chi connectivity index (χ3n) is 2.60. The van der Waals surface area contributed by atoms with E-state index >= 15 is 0 Å². The summed E-state index contributed by atoms with van der Waals surface area (Å²) in [5.41, 5.74) is 10.9. The fraction of sp³-hybridized carbons (Fsp3) is 0.154. The molecule has 98 valence electrons. The molecule has 0 aromatic heterocycles. The van der Waals surface area contributed by atoms with E-state index in [2.05, 4.69) is 16.8 Å². The SMILES string of the molecule is NC1(N)C(C#Cc2ccc(F)cc2)=NC=CC1(Cl)Cl. The Morgan fingerprint density at radius 2 is 1.74 bits per heavy atom. The summed E-state index contributed by atoms with van der Waals surface area (Å²) in [6.07, 6.45) is 2.78. The van der Waals surface area contributed by atoms with Gasteiger partial charge in [-0.05, 0) is 36.3 Å². The van der Waals surface area contributed by atoms with Crippen molar-refractivity contribution < 1.29 is 4.39 Å². The molecule has 0 saturated carbocycles. The van der Waals surface area contributed by atoms with Gasteiger partial charge in [0.25, 0.3) is 0 Å². The Morgan fingerprint density at radius 3 is 2.37 bits per heavy atom. The summed E-state index contributed by atoms with van der Waals surface area (Å²) < 4.78 is 11.3. The number of hydrogen-bond donors (Lipinski definition) is 2. The second-order valence-corrected chi connectivity index (χ2v) is 5.43. The minimum absolute atomic E-state index is 0.157. The zero-order valence-corrected chi connectivity index (χ0v) is 11.2. The Balaban J connectivity index is 2.32. The number of nitrogens with two attached hydrogens (primary N) is 2. The lowest BCUT2D eigenvalue weighted by Crippen LogP contribution is -2.67. The number of hydrogen-bond acceptors (Lipinski definition) is 3.